The molecule has 0 saturated heterocycles. The van der Waals surface area contributed by atoms with Gasteiger partial charge in [0.25, 0.3) is 11.8 Å². The Hall–Kier alpha value is -2.95. The van der Waals surface area contributed by atoms with Gasteiger partial charge >= 0.3 is 6.03 Å². The van der Waals surface area contributed by atoms with E-state index in [0.717, 1.165) is 0 Å². The Morgan fingerprint density at radius 2 is 1.87 bits per heavy atom. The second kappa shape index (κ2) is 9.46. The van der Waals surface area contributed by atoms with E-state index in [4.69, 9.17) is 23.2 Å². The molecule has 4 amide bonds. The van der Waals surface area contributed by atoms with Crippen LogP contribution in [0.2, 0.25) is 10.0 Å². The van der Waals surface area contributed by atoms with Gasteiger partial charge in [0.1, 0.15) is 10.3 Å². The Kier molecular flexibility index (Phi) is 6.94. The topological polar surface area (TPSA) is 118 Å². The molecule has 12 heteroatoms. The van der Waals surface area contributed by atoms with E-state index in [-0.39, 0.29) is 27.8 Å². The minimum Gasteiger partial charge on any atom is -0.355 e. The summed E-state index contributed by atoms with van der Waals surface area (Å²) in [4.78, 5) is 41.6. The monoisotopic (exact) mass is 524 g/mol. The van der Waals surface area contributed by atoms with Crippen LogP contribution in [0.5, 0.6) is 0 Å². The molecule has 0 fully saturated rings. The largest absolute Gasteiger partial charge is 0.355 e. The van der Waals surface area contributed by atoms with E-state index >= 15 is 0 Å². The number of hydrogen-bond donors (Lipinski definition) is 3. The molecule has 0 aliphatic heterocycles. The van der Waals surface area contributed by atoms with Crippen molar-refractivity contribution >= 4 is 62.7 Å². The lowest BCUT2D eigenvalue weighted by Crippen LogP contribution is -2.36. The number of pyridine rings is 1. The number of benzene rings is 1. The van der Waals surface area contributed by atoms with Crippen molar-refractivity contribution in [1.29, 1.82) is 0 Å². The van der Waals surface area contributed by atoms with Crippen molar-refractivity contribution in [3.05, 3.63) is 68.0 Å². The molecule has 0 radical (unpaired) electrons. The van der Waals surface area contributed by atoms with Crippen molar-refractivity contribution in [2.75, 3.05) is 12.4 Å². The molecule has 1 aromatic carbocycles. The molecule has 160 valence electrons. The van der Waals surface area contributed by atoms with Crippen molar-refractivity contribution in [2.24, 2.45) is 0 Å². The molecule has 2 heterocycles. The standard InChI is InChI=1S/C19H15BrCl2N6O3/c1-9-6-10(21)7-11(17(29)23-2)15(9)25-19(31)26-18(30)13-8-14(20)27-28(13)16-12(22)4-3-5-24-16/h3-8H,1-2H3,(H,23,29)(H2,25,26,30,31). The number of urea groups is 1. The lowest BCUT2D eigenvalue weighted by atomic mass is 10.1. The lowest BCUT2D eigenvalue weighted by molar-refractivity contribution is 0.0954. The maximum absolute atomic E-state index is 12.8. The molecular weight excluding hydrogens is 511 g/mol. The number of amides is 4. The zero-order valence-electron chi connectivity index (χ0n) is 16.2. The predicted octanol–water partition coefficient (Wildman–Crippen LogP) is 3.97. The van der Waals surface area contributed by atoms with Gasteiger partial charge < -0.3 is 10.6 Å². The number of carbonyl (C=O) groups is 3. The highest BCUT2D eigenvalue weighted by Crippen LogP contribution is 2.26. The number of imide groups is 1. The molecule has 3 N–H and O–H groups in total. The molecule has 0 aliphatic rings. The number of aryl methyl sites for hydroxylation is 1. The Bertz CT molecular complexity index is 1200. The minimum atomic E-state index is -0.850. The van der Waals surface area contributed by atoms with E-state index < -0.39 is 17.8 Å². The first-order chi connectivity index (χ1) is 14.7. The Morgan fingerprint density at radius 3 is 2.55 bits per heavy atom. The summed E-state index contributed by atoms with van der Waals surface area (Å²) >= 11 is 15.4. The third kappa shape index (κ3) is 5.04. The summed E-state index contributed by atoms with van der Waals surface area (Å²) in [5, 5.41) is 12.0. The van der Waals surface area contributed by atoms with Crippen LogP contribution in [0.15, 0.2) is 41.1 Å². The van der Waals surface area contributed by atoms with E-state index in [1.54, 1.807) is 25.1 Å². The van der Waals surface area contributed by atoms with Crippen LogP contribution in [0.4, 0.5) is 10.5 Å². The van der Waals surface area contributed by atoms with Crippen molar-refractivity contribution in [3.8, 4) is 5.82 Å². The van der Waals surface area contributed by atoms with Gasteiger partial charge in [-0.1, -0.05) is 23.2 Å². The highest BCUT2D eigenvalue weighted by Gasteiger charge is 2.22. The molecule has 31 heavy (non-hydrogen) atoms. The maximum atomic E-state index is 12.8. The van der Waals surface area contributed by atoms with Gasteiger partial charge in [0, 0.05) is 24.3 Å². The van der Waals surface area contributed by atoms with Crippen molar-refractivity contribution in [1.82, 2.24) is 25.4 Å². The number of rotatable bonds is 4. The summed E-state index contributed by atoms with van der Waals surface area (Å²) in [6.45, 7) is 1.67. The SMILES string of the molecule is CNC(=O)c1cc(Cl)cc(C)c1NC(=O)NC(=O)c1cc(Br)nn1-c1ncccc1Cl. The number of anilines is 1. The number of carbonyl (C=O) groups excluding carboxylic acids is 3. The van der Waals surface area contributed by atoms with Crippen molar-refractivity contribution < 1.29 is 14.4 Å². The Morgan fingerprint density at radius 1 is 1.13 bits per heavy atom. The maximum Gasteiger partial charge on any atom is 0.326 e. The first-order valence-corrected chi connectivity index (χ1v) is 10.3. The van der Waals surface area contributed by atoms with E-state index in [1.165, 1.54) is 30.1 Å². The van der Waals surface area contributed by atoms with E-state index in [2.05, 4.69) is 42.0 Å². The molecule has 3 rings (SSSR count). The molecule has 0 spiro atoms. The number of halogens is 3. The smallest absolute Gasteiger partial charge is 0.326 e. The summed E-state index contributed by atoms with van der Waals surface area (Å²) in [5.74, 6) is -0.986. The number of hydrogen-bond acceptors (Lipinski definition) is 5. The molecular formula is C19H15BrCl2N6O3. The third-order valence-corrected chi connectivity index (χ3v) is 4.99. The van der Waals surface area contributed by atoms with Gasteiger partial charge in [-0.25, -0.2) is 14.5 Å². The summed E-state index contributed by atoms with van der Waals surface area (Å²) < 4.78 is 1.55. The predicted molar refractivity (Wildman–Crippen MR) is 120 cm³/mol. The highest BCUT2D eigenvalue weighted by molar-refractivity contribution is 9.10. The molecule has 0 unspecified atom stereocenters. The van der Waals surface area contributed by atoms with Gasteiger partial charge in [0.15, 0.2) is 5.82 Å². The lowest BCUT2D eigenvalue weighted by Gasteiger charge is -2.14. The van der Waals surface area contributed by atoms with Crippen LogP contribution in [0.1, 0.15) is 26.4 Å². The minimum absolute atomic E-state index is 0.0157. The average Bonchev–Trinajstić information content (AvgIpc) is 3.11. The van der Waals surface area contributed by atoms with Gasteiger partial charge in [-0.2, -0.15) is 5.10 Å². The van der Waals surface area contributed by atoms with Crippen LogP contribution in [0.25, 0.3) is 5.82 Å². The normalized spacial score (nSPS) is 10.5. The molecule has 2 aromatic heterocycles. The van der Waals surface area contributed by atoms with Gasteiger partial charge in [0.2, 0.25) is 0 Å². The average molecular weight is 526 g/mol. The summed E-state index contributed by atoms with van der Waals surface area (Å²) in [7, 11) is 1.45. The fourth-order valence-electron chi connectivity index (χ4n) is 2.74. The van der Waals surface area contributed by atoms with Crippen LogP contribution >= 0.6 is 39.1 Å². The van der Waals surface area contributed by atoms with E-state index in [1.807, 2.05) is 0 Å². The van der Waals surface area contributed by atoms with Crippen LogP contribution in [0, 0.1) is 6.92 Å². The number of aromatic nitrogens is 3. The van der Waals surface area contributed by atoms with Crippen LogP contribution < -0.4 is 16.0 Å². The van der Waals surface area contributed by atoms with Crippen molar-refractivity contribution in [2.45, 2.75) is 6.92 Å². The Balaban J connectivity index is 1.86. The molecule has 0 aliphatic carbocycles. The molecule has 0 bridgehead atoms. The molecule has 9 nitrogen and oxygen atoms in total. The third-order valence-electron chi connectivity index (χ3n) is 4.09. The first kappa shape index (κ1) is 22.7. The molecule has 3 aromatic rings. The van der Waals surface area contributed by atoms with E-state index in [0.29, 0.717) is 15.2 Å². The van der Waals surface area contributed by atoms with Crippen LogP contribution in [0.3, 0.4) is 0 Å². The Labute approximate surface area is 195 Å². The summed E-state index contributed by atoms with van der Waals surface area (Å²) in [6, 6.07) is 6.79. The fourth-order valence-corrected chi connectivity index (χ4v) is 3.59. The zero-order valence-corrected chi connectivity index (χ0v) is 19.3. The van der Waals surface area contributed by atoms with Gasteiger partial charge in [-0.05, 0) is 52.7 Å². The second-order valence-corrected chi connectivity index (χ2v) is 7.86. The van der Waals surface area contributed by atoms with E-state index in [9.17, 15) is 14.4 Å². The van der Waals surface area contributed by atoms with Crippen LogP contribution in [-0.2, 0) is 0 Å². The molecule has 0 saturated carbocycles. The summed E-state index contributed by atoms with van der Waals surface area (Å²) in [6.07, 6.45) is 1.49. The number of nitrogens with one attached hydrogen (secondary N) is 3. The number of nitrogens with zero attached hydrogens (tertiary/aromatic N) is 3. The fraction of sp³-hybridized carbons (Fsp3) is 0.105. The summed E-state index contributed by atoms with van der Waals surface area (Å²) in [5.41, 5.74) is 0.934. The van der Waals surface area contributed by atoms with Crippen LogP contribution in [-0.4, -0.2) is 39.7 Å². The zero-order chi connectivity index (χ0) is 22.7. The van der Waals surface area contributed by atoms with Gasteiger partial charge in [-0.3, -0.25) is 14.9 Å². The van der Waals surface area contributed by atoms with Crippen molar-refractivity contribution in [3.63, 3.8) is 0 Å². The highest BCUT2D eigenvalue weighted by atomic mass is 79.9. The quantitative estimate of drug-likeness (QED) is 0.476. The van der Waals surface area contributed by atoms with Gasteiger partial charge in [0.05, 0.1) is 16.3 Å². The second-order valence-electron chi connectivity index (χ2n) is 6.21. The first-order valence-electron chi connectivity index (χ1n) is 8.72. The molecule has 0 atom stereocenters. The van der Waals surface area contributed by atoms with Gasteiger partial charge in [-0.15, -0.1) is 0 Å².